The number of fused-ring (bicyclic) bond motifs is 1. The zero-order chi connectivity index (χ0) is 11.2. The Bertz CT molecular complexity index is 309. The number of hydrogen-bond donors (Lipinski definition) is 0. The Kier molecular flexibility index (Phi) is 2.92. The summed E-state index contributed by atoms with van der Waals surface area (Å²) < 4.78 is 5.73. The molecule has 1 nitrogen and oxygen atoms in total. The highest BCUT2D eigenvalue weighted by Gasteiger charge is 2.49. The van der Waals surface area contributed by atoms with Gasteiger partial charge in [-0.15, -0.1) is 8.58 Å². The van der Waals surface area contributed by atoms with Gasteiger partial charge in [0.15, 0.2) is 0 Å². The lowest BCUT2D eigenvalue weighted by molar-refractivity contribution is -0.00214. The van der Waals surface area contributed by atoms with Crippen molar-refractivity contribution in [3.63, 3.8) is 0 Å². The molecular weight excluding hydrogens is 214 g/mol. The van der Waals surface area contributed by atoms with E-state index in [-0.39, 0.29) is 0 Å². The summed E-state index contributed by atoms with van der Waals surface area (Å²) >= 11 is 0. The van der Waals surface area contributed by atoms with Crippen LogP contribution in [0.5, 0.6) is 0 Å². The fourth-order valence-electron chi connectivity index (χ4n) is 3.17. The second-order valence-corrected chi connectivity index (χ2v) is 7.95. The van der Waals surface area contributed by atoms with Gasteiger partial charge in [0.1, 0.15) is 0 Å². The van der Waals surface area contributed by atoms with Gasteiger partial charge in [0.05, 0.1) is 0 Å². The van der Waals surface area contributed by atoms with Gasteiger partial charge in [-0.3, -0.25) is 0 Å². The van der Waals surface area contributed by atoms with E-state index < -0.39 is 0 Å². The minimum Gasteiger partial charge on any atom is -0.438 e. The number of rotatable bonds is 5. The number of hydrogen-bond acceptors (Lipinski definition) is 1. The fourth-order valence-corrected chi connectivity index (χ4v) is 3.69. The van der Waals surface area contributed by atoms with E-state index in [2.05, 4.69) is 19.9 Å². The molecule has 0 spiro atoms. The molecule has 1 saturated heterocycles. The molecule has 4 atom stereocenters. The largest absolute Gasteiger partial charge is 0.438 e. The van der Waals surface area contributed by atoms with E-state index in [1.165, 1.54) is 34.0 Å². The lowest BCUT2D eigenvalue weighted by atomic mass is 9.50. The van der Waals surface area contributed by atoms with E-state index >= 15 is 0 Å². The van der Waals surface area contributed by atoms with Gasteiger partial charge in [-0.05, 0) is 48.2 Å². The summed E-state index contributed by atoms with van der Waals surface area (Å²) in [6.07, 6.45) is 7.97. The summed E-state index contributed by atoms with van der Waals surface area (Å²) in [5, 5.41) is 0. The van der Waals surface area contributed by atoms with E-state index in [0.717, 1.165) is 31.5 Å². The maximum atomic E-state index is 5.73. The molecule has 1 saturated carbocycles. The minimum atomic E-state index is 0.597. The SMILES string of the molecule is CC1(C)C2C=C(CCOBC3CP3)CC1C2. The van der Waals surface area contributed by atoms with E-state index in [4.69, 9.17) is 4.65 Å². The quantitative estimate of drug-likeness (QED) is 0.308. The summed E-state index contributed by atoms with van der Waals surface area (Å²) in [5.74, 6) is 1.83. The van der Waals surface area contributed by atoms with Crippen LogP contribution in [0.3, 0.4) is 0 Å². The minimum absolute atomic E-state index is 0.597. The lowest BCUT2D eigenvalue weighted by Gasteiger charge is -2.55. The fraction of sp³-hybridized carbons (Fsp3) is 0.846. The molecule has 0 N–H and O–H groups in total. The van der Waals surface area contributed by atoms with Crippen LogP contribution in [0, 0.1) is 17.3 Å². The second-order valence-electron chi connectivity index (χ2n) is 6.32. The second kappa shape index (κ2) is 4.14. The van der Waals surface area contributed by atoms with Gasteiger partial charge in [-0.25, -0.2) is 0 Å². The molecule has 0 aromatic heterocycles. The molecule has 2 bridgehead atoms. The lowest BCUT2D eigenvalue weighted by Crippen LogP contribution is -2.46. The third-order valence-corrected chi connectivity index (χ3v) is 6.02. The van der Waals surface area contributed by atoms with Crippen molar-refractivity contribution in [3.05, 3.63) is 11.6 Å². The first-order valence-corrected chi connectivity index (χ1v) is 7.95. The summed E-state index contributed by atoms with van der Waals surface area (Å²) in [6, 6.07) is 0. The van der Waals surface area contributed by atoms with Crippen molar-refractivity contribution in [1.82, 2.24) is 0 Å². The first kappa shape index (κ1) is 11.3. The molecule has 0 aromatic carbocycles. The zero-order valence-corrected chi connectivity index (χ0v) is 11.5. The summed E-state index contributed by atoms with van der Waals surface area (Å²) in [7, 11) is 2.23. The predicted octanol–water partition coefficient (Wildman–Crippen LogP) is 2.76. The smallest absolute Gasteiger partial charge is 0.282 e. The van der Waals surface area contributed by atoms with E-state index in [1.807, 2.05) is 0 Å². The highest BCUT2D eigenvalue weighted by Crippen LogP contribution is 2.58. The van der Waals surface area contributed by atoms with Crippen LogP contribution in [-0.4, -0.2) is 25.8 Å². The molecule has 3 aliphatic carbocycles. The predicted molar refractivity (Wildman–Crippen MR) is 72.8 cm³/mol. The Morgan fingerprint density at radius 3 is 2.94 bits per heavy atom. The average molecular weight is 236 g/mol. The topological polar surface area (TPSA) is 9.23 Å². The third kappa shape index (κ3) is 2.11. The van der Waals surface area contributed by atoms with Gasteiger partial charge < -0.3 is 4.65 Å². The summed E-state index contributed by atoms with van der Waals surface area (Å²) in [6.45, 7) is 5.83. The van der Waals surface area contributed by atoms with Crippen LogP contribution in [-0.2, 0) is 4.65 Å². The molecule has 0 aromatic rings. The monoisotopic (exact) mass is 236 g/mol. The maximum Gasteiger partial charge on any atom is 0.282 e. The molecular formula is C13H22BOP. The molecule has 4 rings (SSSR count). The van der Waals surface area contributed by atoms with Gasteiger partial charge >= 0.3 is 0 Å². The van der Waals surface area contributed by atoms with Gasteiger partial charge in [-0.1, -0.05) is 25.5 Å². The Hall–Kier alpha value is 0.195. The van der Waals surface area contributed by atoms with Crippen LogP contribution in [0.4, 0.5) is 0 Å². The first-order valence-electron chi connectivity index (χ1n) is 6.67. The molecule has 1 heterocycles. The van der Waals surface area contributed by atoms with Crippen molar-refractivity contribution >= 4 is 16.1 Å². The third-order valence-electron chi connectivity index (χ3n) is 4.87. The van der Waals surface area contributed by atoms with Crippen LogP contribution in [0.1, 0.15) is 33.1 Å². The van der Waals surface area contributed by atoms with Crippen molar-refractivity contribution in [1.29, 1.82) is 0 Å². The molecule has 3 heteroatoms. The van der Waals surface area contributed by atoms with Crippen LogP contribution in [0.25, 0.3) is 0 Å². The maximum absolute atomic E-state index is 5.73. The van der Waals surface area contributed by atoms with Gasteiger partial charge in [-0.2, -0.15) is 0 Å². The van der Waals surface area contributed by atoms with Crippen LogP contribution in [0.2, 0.25) is 0 Å². The summed E-state index contributed by atoms with van der Waals surface area (Å²) in [4.78, 5) is 0. The highest BCUT2D eigenvalue weighted by atomic mass is 31.1. The molecule has 1 aliphatic heterocycles. The van der Waals surface area contributed by atoms with Gasteiger partial charge in [0.2, 0.25) is 0 Å². The van der Waals surface area contributed by atoms with Gasteiger partial charge in [0.25, 0.3) is 7.48 Å². The molecule has 0 radical (unpaired) electrons. The first-order chi connectivity index (χ1) is 7.66. The Morgan fingerprint density at radius 1 is 1.56 bits per heavy atom. The van der Waals surface area contributed by atoms with E-state index in [1.54, 1.807) is 5.57 Å². The Labute approximate surface area is 101 Å². The number of allylic oxidation sites excluding steroid dienone is 1. The average Bonchev–Trinajstić information content (AvgIpc) is 3.08. The molecule has 4 unspecified atom stereocenters. The standard InChI is InChI=1S/C13H22BOP/c1-13(2)10-5-9(6-11(13)7-10)3-4-15-14-12-8-16-12/h5,10-12,14,16H,3-4,6-8H2,1-2H3. The van der Waals surface area contributed by atoms with E-state index in [0.29, 0.717) is 5.41 Å². The Balaban J connectivity index is 1.42. The van der Waals surface area contributed by atoms with Crippen molar-refractivity contribution < 1.29 is 4.65 Å². The molecule has 4 aliphatic rings. The van der Waals surface area contributed by atoms with Crippen LogP contribution < -0.4 is 0 Å². The van der Waals surface area contributed by atoms with Crippen LogP contribution in [0.15, 0.2) is 11.6 Å². The zero-order valence-electron chi connectivity index (χ0n) is 10.5. The van der Waals surface area contributed by atoms with Crippen molar-refractivity contribution in [2.75, 3.05) is 12.8 Å². The molecule has 16 heavy (non-hydrogen) atoms. The Morgan fingerprint density at radius 2 is 2.38 bits per heavy atom. The normalized spacial score (nSPS) is 40.1. The van der Waals surface area contributed by atoms with Gasteiger partial charge in [0, 0.05) is 6.61 Å². The molecule has 0 amide bonds. The van der Waals surface area contributed by atoms with Crippen LogP contribution >= 0.6 is 8.58 Å². The van der Waals surface area contributed by atoms with Crippen molar-refractivity contribution in [2.24, 2.45) is 17.3 Å². The molecule has 88 valence electrons. The van der Waals surface area contributed by atoms with Crippen molar-refractivity contribution in [2.45, 2.75) is 38.7 Å². The van der Waals surface area contributed by atoms with Crippen molar-refractivity contribution in [3.8, 4) is 0 Å². The van der Waals surface area contributed by atoms with E-state index in [9.17, 15) is 0 Å². The summed E-state index contributed by atoms with van der Waals surface area (Å²) in [5.41, 5.74) is 3.21. The molecule has 2 fully saturated rings. The highest BCUT2D eigenvalue weighted by molar-refractivity contribution is 7.50.